The van der Waals surface area contributed by atoms with Crippen molar-refractivity contribution in [3.8, 4) is 11.3 Å². The summed E-state index contributed by atoms with van der Waals surface area (Å²) in [5.41, 5.74) is 3.71. The molecule has 2 aliphatic rings. The number of oxime groups is 1. The number of ether oxygens (including phenoxy) is 1. The van der Waals surface area contributed by atoms with Gasteiger partial charge in [-0.1, -0.05) is 29.4 Å². The van der Waals surface area contributed by atoms with Gasteiger partial charge in [-0.25, -0.2) is 9.37 Å². The van der Waals surface area contributed by atoms with Crippen LogP contribution in [0.15, 0.2) is 59.1 Å². The van der Waals surface area contributed by atoms with E-state index >= 15 is 0 Å². The molecule has 0 radical (unpaired) electrons. The summed E-state index contributed by atoms with van der Waals surface area (Å²) in [4.78, 5) is 24.8. The van der Waals surface area contributed by atoms with Crippen LogP contribution in [0.5, 0.6) is 0 Å². The van der Waals surface area contributed by atoms with E-state index in [4.69, 9.17) is 14.6 Å². The van der Waals surface area contributed by atoms with Crippen molar-refractivity contribution >= 4 is 33.8 Å². The van der Waals surface area contributed by atoms with E-state index in [1.54, 1.807) is 23.5 Å². The molecule has 1 fully saturated rings. The molecule has 0 aliphatic carbocycles. The molecule has 1 atom stereocenters. The van der Waals surface area contributed by atoms with Gasteiger partial charge in [0.15, 0.2) is 5.13 Å². The number of benzene rings is 2. The fourth-order valence-corrected chi connectivity index (χ4v) is 4.49. The Bertz CT molecular complexity index is 1140. The summed E-state index contributed by atoms with van der Waals surface area (Å²) in [5, 5.41) is 9.84. The molecule has 32 heavy (non-hydrogen) atoms. The molecule has 2 aliphatic heterocycles. The van der Waals surface area contributed by atoms with Gasteiger partial charge < -0.3 is 19.8 Å². The highest BCUT2D eigenvalue weighted by Crippen LogP contribution is 2.29. The van der Waals surface area contributed by atoms with Gasteiger partial charge in [0.2, 0.25) is 6.10 Å². The van der Waals surface area contributed by atoms with Crippen LogP contribution in [0, 0.1) is 5.82 Å². The maximum atomic E-state index is 13.4. The lowest BCUT2D eigenvalue weighted by Gasteiger charge is -2.26. The van der Waals surface area contributed by atoms with Crippen LogP contribution in [0.3, 0.4) is 0 Å². The number of morpholine rings is 1. The average molecular weight is 453 g/mol. The summed E-state index contributed by atoms with van der Waals surface area (Å²) in [6, 6.07) is 13.6. The van der Waals surface area contributed by atoms with E-state index in [1.807, 2.05) is 29.6 Å². The number of thiazole rings is 1. The number of aromatic nitrogens is 1. The van der Waals surface area contributed by atoms with Crippen molar-refractivity contribution in [3.63, 3.8) is 0 Å². The molecule has 3 heterocycles. The van der Waals surface area contributed by atoms with E-state index in [1.165, 1.54) is 12.1 Å². The summed E-state index contributed by atoms with van der Waals surface area (Å²) in [5.74, 6) is -0.647. The van der Waals surface area contributed by atoms with Crippen LogP contribution < -0.4 is 10.2 Å². The second-order valence-corrected chi connectivity index (χ2v) is 8.36. The quantitative estimate of drug-likeness (QED) is 0.635. The Morgan fingerprint density at radius 3 is 2.72 bits per heavy atom. The van der Waals surface area contributed by atoms with Crippen LogP contribution in [-0.2, 0) is 14.4 Å². The van der Waals surface area contributed by atoms with Crippen LogP contribution in [0.1, 0.15) is 12.0 Å². The Hall–Kier alpha value is -3.30. The Kier molecular flexibility index (Phi) is 5.83. The zero-order valence-electron chi connectivity index (χ0n) is 17.2. The average Bonchev–Trinajstić information content (AvgIpc) is 3.51. The SMILES string of the molecule is O=C(Nc1ccc(-c2csc(N3CCOCC3)n2)cc1)C1CC(c2cccc(F)c2)=NO1. The highest BCUT2D eigenvalue weighted by atomic mass is 32.1. The number of halogens is 1. The van der Waals surface area contributed by atoms with E-state index in [0.717, 1.165) is 42.7 Å². The summed E-state index contributed by atoms with van der Waals surface area (Å²) < 4.78 is 18.8. The Morgan fingerprint density at radius 2 is 1.94 bits per heavy atom. The fourth-order valence-electron chi connectivity index (χ4n) is 3.60. The van der Waals surface area contributed by atoms with Crippen LogP contribution in [0.4, 0.5) is 15.2 Å². The van der Waals surface area contributed by atoms with Gasteiger partial charge in [-0.3, -0.25) is 4.79 Å². The van der Waals surface area contributed by atoms with E-state index in [0.29, 0.717) is 17.0 Å². The Labute approximate surface area is 188 Å². The van der Waals surface area contributed by atoms with Crippen LogP contribution >= 0.6 is 11.3 Å². The topological polar surface area (TPSA) is 76.1 Å². The van der Waals surface area contributed by atoms with Crippen molar-refractivity contribution in [1.82, 2.24) is 4.98 Å². The fraction of sp³-hybridized carbons (Fsp3) is 0.261. The molecule has 1 aromatic heterocycles. The third-order valence-electron chi connectivity index (χ3n) is 5.34. The number of carbonyl (C=O) groups excluding carboxylic acids is 1. The first-order valence-electron chi connectivity index (χ1n) is 10.3. The van der Waals surface area contributed by atoms with Gasteiger partial charge in [0.05, 0.1) is 24.6 Å². The van der Waals surface area contributed by atoms with Crippen molar-refractivity contribution in [2.75, 3.05) is 36.5 Å². The highest BCUT2D eigenvalue weighted by Gasteiger charge is 2.29. The van der Waals surface area contributed by atoms with E-state index in [9.17, 15) is 9.18 Å². The summed E-state index contributed by atoms with van der Waals surface area (Å²) in [6.45, 7) is 3.16. The lowest BCUT2D eigenvalue weighted by Crippen LogP contribution is -2.36. The molecule has 164 valence electrons. The highest BCUT2D eigenvalue weighted by molar-refractivity contribution is 7.14. The zero-order chi connectivity index (χ0) is 21.9. The number of hydrogen-bond acceptors (Lipinski definition) is 7. The number of rotatable bonds is 5. The molecule has 0 bridgehead atoms. The summed E-state index contributed by atoms with van der Waals surface area (Å²) in [7, 11) is 0. The third-order valence-corrected chi connectivity index (χ3v) is 6.24. The molecular formula is C23H21FN4O3S. The van der Waals surface area contributed by atoms with Gasteiger partial charge in [-0.2, -0.15) is 0 Å². The van der Waals surface area contributed by atoms with Crippen molar-refractivity contribution in [2.45, 2.75) is 12.5 Å². The van der Waals surface area contributed by atoms with Crippen molar-refractivity contribution < 1.29 is 18.8 Å². The normalized spacial score (nSPS) is 18.2. The Morgan fingerprint density at radius 1 is 1.12 bits per heavy atom. The van der Waals surface area contributed by atoms with Crippen LogP contribution in [-0.4, -0.2) is 49.0 Å². The molecule has 1 saturated heterocycles. The number of amides is 1. The van der Waals surface area contributed by atoms with Gasteiger partial charge in [0.25, 0.3) is 5.91 Å². The molecular weight excluding hydrogens is 431 g/mol. The number of carbonyl (C=O) groups is 1. The maximum Gasteiger partial charge on any atom is 0.268 e. The van der Waals surface area contributed by atoms with Crippen molar-refractivity contribution in [2.24, 2.45) is 5.16 Å². The monoisotopic (exact) mass is 452 g/mol. The third kappa shape index (κ3) is 4.49. The largest absolute Gasteiger partial charge is 0.382 e. The minimum Gasteiger partial charge on any atom is -0.382 e. The standard InChI is InChI=1S/C23H21FN4O3S/c24-17-3-1-2-16(12-17)19-13-21(31-27-19)22(29)25-18-6-4-15(5-7-18)20-14-32-23(26-20)28-8-10-30-11-9-28/h1-7,12,14,21H,8-11,13H2,(H,25,29). The smallest absolute Gasteiger partial charge is 0.268 e. The molecule has 9 heteroatoms. The van der Waals surface area contributed by atoms with Gasteiger partial charge in [0.1, 0.15) is 5.82 Å². The van der Waals surface area contributed by atoms with E-state index in [-0.39, 0.29) is 18.1 Å². The number of nitrogens with zero attached hydrogens (tertiary/aromatic N) is 3. The van der Waals surface area contributed by atoms with E-state index in [2.05, 4.69) is 15.4 Å². The summed E-state index contributed by atoms with van der Waals surface area (Å²) >= 11 is 1.62. The number of nitrogens with one attached hydrogen (secondary N) is 1. The van der Waals surface area contributed by atoms with Gasteiger partial charge in [-0.05, 0) is 24.3 Å². The second kappa shape index (κ2) is 9.05. The molecule has 7 nitrogen and oxygen atoms in total. The molecule has 0 spiro atoms. The van der Waals surface area contributed by atoms with Gasteiger partial charge in [0, 0.05) is 41.7 Å². The first-order chi connectivity index (χ1) is 15.7. The second-order valence-electron chi connectivity index (χ2n) is 7.53. The number of hydrogen-bond donors (Lipinski definition) is 1. The minimum atomic E-state index is -0.748. The van der Waals surface area contributed by atoms with Crippen molar-refractivity contribution in [1.29, 1.82) is 0 Å². The maximum absolute atomic E-state index is 13.4. The lowest BCUT2D eigenvalue weighted by atomic mass is 10.0. The first kappa shape index (κ1) is 20.6. The lowest BCUT2D eigenvalue weighted by molar-refractivity contribution is -0.125. The molecule has 1 amide bonds. The molecule has 1 unspecified atom stereocenters. The van der Waals surface area contributed by atoms with Crippen LogP contribution in [0.25, 0.3) is 11.3 Å². The molecule has 2 aromatic carbocycles. The molecule has 0 saturated carbocycles. The molecule has 3 aromatic rings. The van der Waals surface area contributed by atoms with E-state index < -0.39 is 6.10 Å². The molecule has 1 N–H and O–H groups in total. The Balaban J connectivity index is 1.19. The minimum absolute atomic E-state index is 0.288. The van der Waals surface area contributed by atoms with Crippen LogP contribution in [0.2, 0.25) is 0 Å². The first-order valence-corrected chi connectivity index (χ1v) is 11.2. The van der Waals surface area contributed by atoms with Gasteiger partial charge >= 0.3 is 0 Å². The summed E-state index contributed by atoms with van der Waals surface area (Å²) in [6.07, 6.45) is -0.459. The van der Waals surface area contributed by atoms with Gasteiger partial charge in [-0.15, -0.1) is 11.3 Å². The molecule has 5 rings (SSSR count). The number of anilines is 2. The predicted octanol–water partition coefficient (Wildman–Crippen LogP) is 3.92. The van der Waals surface area contributed by atoms with Crippen molar-refractivity contribution in [3.05, 3.63) is 65.3 Å². The zero-order valence-corrected chi connectivity index (χ0v) is 18.0. The predicted molar refractivity (Wildman–Crippen MR) is 122 cm³/mol.